The minimum Gasteiger partial charge on any atom is -0.390 e. The van der Waals surface area contributed by atoms with E-state index in [0.29, 0.717) is 0 Å². The summed E-state index contributed by atoms with van der Waals surface area (Å²) in [6.45, 7) is -1.32. The number of sulfone groups is 1. The molecule has 0 saturated carbocycles. The van der Waals surface area contributed by atoms with E-state index in [-0.39, 0.29) is 9.37 Å². The van der Waals surface area contributed by atoms with Crippen LogP contribution in [-0.4, -0.2) is 26.4 Å². The highest BCUT2D eigenvalue weighted by atomic mass is 79.9. The highest BCUT2D eigenvalue weighted by Gasteiger charge is 2.31. The van der Waals surface area contributed by atoms with Crippen molar-refractivity contribution in [2.75, 3.05) is 12.9 Å². The lowest BCUT2D eigenvalue weighted by Crippen LogP contribution is -2.18. The summed E-state index contributed by atoms with van der Waals surface area (Å²) in [4.78, 5) is -0.0648. The Morgan fingerprint density at radius 3 is 2.38 bits per heavy atom. The highest BCUT2D eigenvalue weighted by molar-refractivity contribution is 9.10. The summed E-state index contributed by atoms with van der Waals surface area (Å²) in [5, 5.41) is 8.48. The molecule has 0 aliphatic heterocycles. The molecule has 90 valence electrons. The van der Waals surface area contributed by atoms with Crippen molar-refractivity contribution in [3.05, 3.63) is 28.2 Å². The average molecular weight is 315 g/mol. The van der Waals surface area contributed by atoms with Crippen LogP contribution in [0.3, 0.4) is 0 Å². The second kappa shape index (κ2) is 4.38. The van der Waals surface area contributed by atoms with Crippen LogP contribution in [0, 0.1) is 0 Å². The molecule has 0 spiro atoms. The molecule has 0 radical (unpaired) electrons. The number of aliphatic hydroxyl groups excluding tert-OH is 1. The van der Waals surface area contributed by atoms with Crippen LogP contribution in [0.1, 0.15) is 5.56 Å². The van der Waals surface area contributed by atoms with Crippen molar-refractivity contribution in [2.45, 2.75) is 10.8 Å². The Labute approximate surface area is 100 Å². The van der Waals surface area contributed by atoms with Crippen LogP contribution in [0.25, 0.3) is 0 Å². The fourth-order valence-corrected chi connectivity index (χ4v) is 3.11. The first-order valence-corrected chi connectivity index (χ1v) is 6.85. The maximum Gasteiger partial charge on any atom is 0.295 e. The third-order valence-electron chi connectivity index (χ3n) is 1.95. The third-order valence-corrected chi connectivity index (χ3v) is 4.03. The molecule has 0 fully saturated rings. The molecule has 3 nitrogen and oxygen atoms in total. The van der Waals surface area contributed by atoms with Crippen LogP contribution < -0.4 is 0 Å². The largest absolute Gasteiger partial charge is 0.390 e. The predicted octanol–water partition coefficient (Wildman–Crippen LogP) is 1.94. The fraction of sp³-hybridized carbons (Fsp3) is 0.333. The van der Waals surface area contributed by atoms with Crippen molar-refractivity contribution in [2.24, 2.45) is 0 Å². The maximum atomic E-state index is 13.1. The summed E-state index contributed by atoms with van der Waals surface area (Å²) in [5.41, 5.74) is -0.436. The number of hydrogen-bond donors (Lipinski definition) is 1. The zero-order chi connectivity index (χ0) is 12.6. The van der Waals surface area contributed by atoms with Gasteiger partial charge in [0, 0.05) is 16.3 Å². The Morgan fingerprint density at radius 1 is 1.44 bits per heavy atom. The molecule has 16 heavy (non-hydrogen) atoms. The van der Waals surface area contributed by atoms with Gasteiger partial charge in [-0.2, -0.15) is 8.78 Å². The molecule has 1 aromatic rings. The summed E-state index contributed by atoms with van der Waals surface area (Å²) in [6.07, 6.45) is 0.983. The molecule has 0 unspecified atom stereocenters. The van der Waals surface area contributed by atoms with Crippen molar-refractivity contribution in [1.29, 1.82) is 0 Å². The van der Waals surface area contributed by atoms with E-state index in [0.717, 1.165) is 24.5 Å². The monoisotopic (exact) mass is 314 g/mol. The van der Waals surface area contributed by atoms with Gasteiger partial charge in [0.15, 0.2) is 9.84 Å². The van der Waals surface area contributed by atoms with Gasteiger partial charge in [0.25, 0.3) is 5.92 Å². The van der Waals surface area contributed by atoms with Crippen LogP contribution in [0.2, 0.25) is 0 Å². The summed E-state index contributed by atoms with van der Waals surface area (Å²) in [6, 6.07) is 3.06. The van der Waals surface area contributed by atoms with Crippen LogP contribution >= 0.6 is 15.9 Å². The molecule has 0 aromatic heterocycles. The minimum absolute atomic E-state index is 0.0561. The standard InChI is InChI=1S/C9H9BrF2O3S/c1-16(14,15)8-3-2-6(4-7(8)10)9(11,12)5-13/h2-4,13H,5H2,1H3. The molecular formula is C9H9BrF2O3S. The first kappa shape index (κ1) is 13.5. The van der Waals surface area contributed by atoms with Crippen LogP contribution in [0.5, 0.6) is 0 Å². The Balaban J connectivity index is 3.30. The average Bonchev–Trinajstić information content (AvgIpc) is 2.15. The Bertz CT molecular complexity index is 499. The van der Waals surface area contributed by atoms with Gasteiger partial charge in [-0.05, 0) is 28.1 Å². The predicted molar refractivity (Wildman–Crippen MR) is 58.2 cm³/mol. The normalized spacial score (nSPS) is 12.8. The summed E-state index contributed by atoms with van der Waals surface area (Å²) in [7, 11) is -3.46. The van der Waals surface area contributed by atoms with Crippen molar-refractivity contribution >= 4 is 25.8 Å². The van der Waals surface area contributed by atoms with E-state index in [2.05, 4.69) is 15.9 Å². The van der Waals surface area contributed by atoms with E-state index in [1.807, 2.05) is 0 Å². The molecule has 0 saturated heterocycles. The molecule has 0 amide bonds. The minimum atomic E-state index is -3.46. The van der Waals surface area contributed by atoms with Gasteiger partial charge in [0.2, 0.25) is 0 Å². The van der Waals surface area contributed by atoms with Gasteiger partial charge < -0.3 is 5.11 Å². The first-order chi connectivity index (χ1) is 7.18. The summed E-state index contributed by atoms with van der Waals surface area (Å²) >= 11 is 2.91. The van der Waals surface area contributed by atoms with Crippen molar-refractivity contribution in [3.63, 3.8) is 0 Å². The van der Waals surface area contributed by atoms with Crippen LogP contribution in [0.4, 0.5) is 8.78 Å². The van der Waals surface area contributed by atoms with Gasteiger partial charge >= 0.3 is 0 Å². The maximum absolute atomic E-state index is 13.1. The lowest BCUT2D eigenvalue weighted by Gasteiger charge is -2.14. The molecule has 0 bridgehead atoms. The number of aliphatic hydroxyl groups is 1. The second-order valence-corrected chi connectivity index (χ2v) is 6.12. The van der Waals surface area contributed by atoms with Gasteiger partial charge in [-0.25, -0.2) is 8.42 Å². The Hall–Kier alpha value is -0.530. The van der Waals surface area contributed by atoms with E-state index < -0.39 is 27.9 Å². The van der Waals surface area contributed by atoms with Crippen molar-refractivity contribution in [1.82, 2.24) is 0 Å². The lowest BCUT2D eigenvalue weighted by atomic mass is 10.1. The van der Waals surface area contributed by atoms with Crippen LogP contribution in [0.15, 0.2) is 27.6 Å². The number of rotatable bonds is 3. The zero-order valence-corrected chi connectivity index (χ0v) is 10.6. The molecular weight excluding hydrogens is 306 g/mol. The second-order valence-electron chi connectivity index (χ2n) is 3.28. The summed E-state index contributed by atoms with van der Waals surface area (Å²) in [5.74, 6) is -3.38. The highest BCUT2D eigenvalue weighted by Crippen LogP contribution is 2.32. The number of benzene rings is 1. The van der Waals surface area contributed by atoms with Crippen molar-refractivity contribution in [3.8, 4) is 0 Å². The van der Waals surface area contributed by atoms with E-state index in [9.17, 15) is 17.2 Å². The molecule has 7 heteroatoms. The zero-order valence-electron chi connectivity index (χ0n) is 8.25. The number of alkyl halides is 2. The lowest BCUT2D eigenvalue weighted by molar-refractivity contribution is -0.0557. The molecule has 1 N–H and O–H groups in total. The molecule has 0 heterocycles. The number of halogens is 3. The molecule has 0 aliphatic carbocycles. The van der Waals surface area contributed by atoms with E-state index >= 15 is 0 Å². The smallest absolute Gasteiger partial charge is 0.295 e. The molecule has 0 atom stereocenters. The quantitative estimate of drug-likeness (QED) is 0.927. The summed E-state index contributed by atoms with van der Waals surface area (Å²) < 4.78 is 48.6. The van der Waals surface area contributed by atoms with Gasteiger partial charge in [-0.3, -0.25) is 0 Å². The third kappa shape index (κ3) is 2.78. The Kier molecular flexibility index (Phi) is 3.71. The number of hydrogen-bond acceptors (Lipinski definition) is 3. The van der Waals surface area contributed by atoms with Crippen LogP contribution in [-0.2, 0) is 15.8 Å². The SMILES string of the molecule is CS(=O)(=O)c1ccc(C(F)(F)CO)cc1Br. The van der Waals surface area contributed by atoms with Gasteiger partial charge in [-0.15, -0.1) is 0 Å². The van der Waals surface area contributed by atoms with Gasteiger partial charge in [0.1, 0.15) is 6.61 Å². The topological polar surface area (TPSA) is 54.4 Å². The van der Waals surface area contributed by atoms with E-state index in [4.69, 9.17) is 5.11 Å². The first-order valence-electron chi connectivity index (χ1n) is 4.17. The van der Waals surface area contributed by atoms with Crippen molar-refractivity contribution < 1.29 is 22.3 Å². The molecule has 1 aromatic carbocycles. The molecule has 1 rings (SSSR count). The van der Waals surface area contributed by atoms with Gasteiger partial charge in [0.05, 0.1) is 4.90 Å². The fourth-order valence-electron chi connectivity index (χ4n) is 1.12. The Morgan fingerprint density at radius 2 is 2.00 bits per heavy atom. The van der Waals surface area contributed by atoms with E-state index in [1.165, 1.54) is 0 Å². The van der Waals surface area contributed by atoms with Gasteiger partial charge in [-0.1, -0.05) is 6.07 Å². The molecule has 0 aliphatic rings. The van der Waals surface area contributed by atoms with E-state index in [1.54, 1.807) is 0 Å².